The van der Waals surface area contributed by atoms with Gasteiger partial charge in [0, 0.05) is 27.2 Å². The summed E-state index contributed by atoms with van der Waals surface area (Å²) in [6.07, 6.45) is 9.97. The lowest BCUT2D eigenvalue weighted by atomic mass is 9.77. The van der Waals surface area contributed by atoms with E-state index in [9.17, 15) is 9.59 Å². The first-order valence-electron chi connectivity index (χ1n) is 18.0. The Balaban J connectivity index is 2.05. The van der Waals surface area contributed by atoms with Gasteiger partial charge in [-0.05, 0) is 93.7 Å². The Bertz CT molecular complexity index is 1530. The van der Waals surface area contributed by atoms with Crippen LogP contribution >= 0.6 is 23.2 Å². The summed E-state index contributed by atoms with van der Waals surface area (Å²) in [6, 6.07) is 4.94. The van der Waals surface area contributed by atoms with E-state index in [0.717, 1.165) is 44.9 Å². The maximum Gasteiger partial charge on any atom is 0.247 e. The van der Waals surface area contributed by atoms with Gasteiger partial charge in [-0.2, -0.15) is 5.21 Å². The Morgan fingerprint density at radius 3 is 2.26 bits per heavy atom. The molecule has 2 N–H and O–H groups in total. The summed E-state index contributed by atoms with van der Waals surface area (Å²) in [5.74, 6) is 0.656. The lowest BCUT2D eigenvalue weighted by Crippen LogP contribution is -2.59. The summed E-state index contributed by atoms with van der Waals surface area (Å²) in [5, 5.41) is 17.9. The Morgan fingerprint density at radius 2 is 1.72 bits per heavy atom. The third-order valence-electron chi connectivity index (χ3n) is 10.2. The summed E-state index contributed by atoms with van der Waals surface area (Å²) < 4.78 is 0. The molecule has 50 heavy (non-hydrogen) atoms. The van der Waals surface area contributed by atoms with Crippen molar-refractivity contribution < 1.29 is 9.59 Å². The van der Waals surface area contributed by atoms with Crippen LogP contribution in [0.25, 0.3) is 0 Å². The fourth-order valence-corrected chi connectivity index (χ4v) is 6.81. The summed E-state index contributed by atoms with van der Waals surface area (Å²) in [5.41, 5.74) is 2.58. The van der Waals surface area contributed by atoms with E-state index in [2.05, 4.69) is 99.2 Å². The van der Waals surface area contributed by atoms with E-state index >= 15 is 0 Å². The number of ketones is 1. The van der Waals surface area contributed by atoms with Crippen molar-refractivity contribution in [2.24, 2.45) is 21.7 Å². The van der Waals surface area contributed by atoms with E-state index in [1.54, 1.807) is 25.1 Å². The lowest BCUT2D eigenvalue weighted by Gasteiger charge is -2.49. The Morgan fingerprint density at radius 1 is 1.06 bits per heavy atom. The molecule has 2 heterocycles. The minimum Gasteiger partial charge on any atom is -0.342 e. The van der Waals surface area contributed by atoms with Crippen molar-refractivity contribution in [2.45, 2.75) is 139 Å². The number of aromatic amines is 1. The number of carbonyl (C=O) groups is 2. The third-order valence-corrected chi connectivity index (χ3v) is 10.7. The molecule has 2 aromatic rings. The van der Waals surface area contributed by atoms with E-state index in [0.29, 0.717) is 38.6 Å². The summed E-state index contributed by atoms with van der Waals surface area (Å²) in [6.45, 7) is 24.2. The number of nitrogens with one attached hydrogen (secondary N) is 2. The highest BCUT2D eigenvalue weighted by molar-refractivity contribution is 6.48. The van der Waals surface area contributed by atoms with Crippen LogP contribution in [0.5, 0.6) is 0 Å². The number of carbonyl (C=O) groups excluding carboxylic acids is 2. The molecule has 4 atom stereocenters. The number of H-pyrrole nitrogens is 1. The molecule has 9 nitrogen and oxygen atoms in total. The van der Waals surface area contributed by atoms with Gasteiger partial charge in [0.2, 0.25) is 5.91 Å². The smallest absolute Gasteiger partial charge is 0.247 e. The van der Waals surface area contributed by atoms with Crippen LogP contribution in [0.2, 0.25) is 10.0 Å². The SMILES string of the molecule is CC/C(=C\C=C(C)C(=O)NC(C)c1nn[nH]n1)CC(CCC(C)(C)C)N1CC(=O)C(c2cc(Cl)cc(Cl)c2)=NC1(CC)CCC(C)C(C)(C)C. The van der Waals surface area contributed by atoms with Crippen LogP contribution in [0.4, 0.5) is 0 Å². The minimum absolute atomic E-state index is 0.0257. The highest BCUT2D eigenvalue weighted by Gasteiger charge is 2.45. The second-order valence-electron chi connectivity index (χ2n) is 16.3. The largest absolute Gasteiger partial charge is 0.342 e. The standard InChI is InChI=1S/C39H59Cl2N7O2/c1-12-28(15-14-25(3)36(50)42-27(5)35-44-46-47-45-35)20-32(17-18-37(6,7)8)48-24-33(49)34(29-21-30(40)23-31(41)22-29)43-39(48,13-2)19-16-26(4)38(9,10)11/h14-15,21-23,26-27,32H,12-13,16-20,24H2,1-11H3,(H,42,50)(H,44,45,46,47)/b25-14?,28-15+. The van der Waals surface area contributed by atoms with Gasteiger partial charge in [0.1, 0.15) is 11.4 Å². The second kappa shape index (κ2) is 17.6. The molecule has 1 aliphatic heterocycles. The number of rotatable bonds is 15. The van der Waals surface area contributed by atoms with Crippen LogP contribution in [0.3, 0.4) is 0 Å². The number of hydrogen-bond donors (Lipinski definition) is 2. The number of allylic oxidation sites excluding steroid dienone is 2. The van der Waals surface area contributed by atoms with E-state index in [4.69, 9.17) is 28.2 Å². The fourth-order valence-electron chi connectivity index (χ4n) is 6.28. The molecule has 0 aliphatic carbocycles. The molecule has 3 rings (SSSR count). The van der Waals surface area contributed by atoms with Crippen LogP contribution in [-0.4, -0.2) is 61.2 Å². The van der Waals surface area contributed by atoms with E-state index in [1.165, 1.54) is 5.57 Å². The molecule has 0 radical (unpaired) electrons. The zero-order chi connectivity index (χ0) is 37.4. The maximum atomic E-state index is 14.1. The topological polar surface area (TPSA) is 116 Å². The predicted molar refractivity (Wildman–Crippen MR) is 206 cm³/mol. The van der Waals surface area contributed by atoms with Gasteiger partial charge >= 0.3 is 0 Å². The summed E-state index contributed by atoms with van der Waals surface area (Å²) >= 11 is 12.8. The van der Waals surface area contributed by atoms with Crippen LogP contribution < -0.4 is 5.32 Å². The van der Waals surface area contributed by atoms with Crippen molar-refractivity contribution in [3.63, 3.8) is 0 Å². The number of tetrazole rings is 1. The summed E-state index contributed by atoms with van der Waals surface area (Å²) in [7, 11) is 0. The molecule has 0 bridgehead atoms. The highest BCUT2D eigenvalue weighted by Crippen LogP contribution is 2.41. The number of halogens is 2. The molecule has 0 saturated carbocycles. The van der Waals surface area contributed by atoms with E-state index in [-0.39, 0.29) is 41.1 Å². The van der Waals surface area contributed by atoms with Crippen molar-refractivity contribution in [2.75, 3.05) is 6.54 Å². The van der Waals surface area contributed by atoms with Gasteiger partial charge in [-0.1, -0.05) is 108 Å². The third kappa shape index (κ3) is 11.6. The molecule has 276 valence electrons. The molecular formula is C39H59Cl2N7O2. The number of aliphatic imine (C=N–C) groups is 1. The normalized spacial score (nSPS) is 20.0. The van der Waals surface area contributed by atoms with Gasteiger partial charge in [0.05, 0.1) is 12.6 Å². The van der Waals surface area contributed by atoms with Gasteiger partial charge in [-0.15, -0.1) is 10.2 Å². The first kappa shape index (κ1) is 41.5. The van der Waals surface area contributed by atoms with Crippen molar-refractivity contribution in [3.8, 4) is 0 Å². The van der Waals surface area contributed by atoms with Crippen molar-refractivity contribution >= 4 is 40.6 Å². The fraction of sp³-hybridized carbons (Fsp3) is 0.641. The molecule has 1 aliphatic rings. The maximum absolute atomic E-state index is 14.1. The Labute approximate surface area is 310 Å². The lowest BCUT2D eigenvalue weighted by molar-refractivity contribution is -0.119. The number of benzene rings is 1. The number of nitrogens with zero attached hydrogens (tertiary/aromatic N) is 5. The average molecular weight is 729 g/mol. The molecule has 1 aromatic carbocycles. The first-order valence-corrected chi connectivity index (χ1v) is 18.8. The molecule has 0 fully saturated rings. The molecule has 1 amide bonds. The molecule has 1 aromatic heterocycles. The average Bonchev–Trinajstić information content (AvgIpc) is 3.58. The Kier molecular flexibility index (Phi) is 14.6. The molecule has 0 spiro atoms. The summed E-state index contributed by atoms with van der Waals surface area (Å²) in [4.78, 5) is 34.9. The number of aromatic nitrogens is 4. The second-order valence-corrected chi connectivity index (χ2v) is 17.1. The van der Waals surface area contributed by atoms with Gasteiger partial charge in [0.15, 0.2) is 11.6 Å². The number of Topliss-reactive ketones (excluding diaryl/α,β-unsaturated/α-hetero) is 1. The predicted octanol–water partition coefficient (Wildman–Crippen LogP) is 9.49. The van der Waals surface area contributed by atoms with Gasteiger partial charge < -0.3 is 5.32 Å². The zero-order valence-corrected chi connectivity index (χ0v) is 33.6. The van der Waals surface area contributed by atoms with Crippen LogP contribution in [0.15, 0.2) is 46.5 Å². The first-order chi connectivity index (χ1) is 23.3. The van der Waals surface area contributed by atoms with Crippen LogP contribution in [0, 0.1) is 16.7 Å². The highest BCUT2D eigenvalue weighted by atomic mass is 35.5. The quantitative estimate of drug-likeness (QED) is 0.139. The molecular weight excluding hydrogens is 669 g/mol. The van der Waals surface area contributed by atoms with Crippen molar-refractivity contribution in [1.82, 2.24) is 30.8 Å². The van der Waals surface area contributed by atoms with Gasteiger partial charge in [-0.25, -0.2) is 0 Å². The Hall–Kier alpha value is -2.88. The van der Waals surface area contributed by atoms with E-state index in [1.807, 2.05) is 13.0 Å². The van der Waals surface area contributed by atoms with Crippen molar-refractivity contribution in [3.05, 3.63) is 62.9 Å². The minimum atomic E-state index is -0.587. The zero-order valence-electron chi connectivity index (χ0n) is 32.1. The number of amides is 1. The number of hydrogen-bond acceptors (Lipinski definition) is 7. The molecule has 4 unspecified atom stereocenters. The molecule has 0 saturated heterocycles. The van der Waals surface area contributed by atoms with E-state index < -0.39 is 5.66 Å². The van der Waals surface area contributed by atoms with Gasteiger partial charge in [-0.3, -0.25) is 19.5 Å². The van der Waals surface area contributed by atoms with Gasteiger partial charge in [0.25, 0.3) is 0 Å². The van der Waals surface area contributed by atoms with Crippen molar-refractivity contribution in [1.29, 1.82) is 0 Å². The molecule has 11 heteroatoms. The van der Waals surface area contributed by atoms with Crippen LogP contribution in [-0.2, 0) is 9.59 Å². The van der Waals surface area contributed by atoms with Crippen LogP contribution in [0.1, 0.15) is 139 Å². The monoisotopic (exact) mass is 727 g/mol.